The van der Waals surface area contributed by atoms with Gasteiger partial charge in [0.2, 0.25) is 10.0 Å². The Balaban J connectivity index is 1.71. The quantitative estimate of drug-likeness (QED) is 0.455. The average molecular weight is 538 g/mol. The first kappa shape index (κ1) is 26.6. The van der Waals surface area contributed by atoms with Crippen LogP contribution in [-0.4, -0.2) is 38.5 Å². The molecule has 0 spiro atoms. The molecule has 0 bridgehead atoms. The summed E-state index contributed by atoms with van der Waals surface area (Å²) in [6.07, 6.45) is 0.685. The monoisotopic (exact) mass is 537 g/mol. The van der Waals surface area contributed by atoms with Crippen LogP contribution in [0.15, 0.2) is 83.9 Å². The molecule has 0 aliphatic carbocycles. The van der Waals surface area contributed by atoms with Gasteiger partial charge in [0.15, 0.2) is 0 Å². The van der Waals surface area contributed by atoms with Crippen molar-refractivity contribution in [2.45, 2.75) is 32.1 Å². The Bertz CT molecular complexity index is 1430. The number of amides is 2. The number of sulfonamides is 1. The molecule has 0 saturated carbocycles. The van der Waals surface area contributed by atoms with Gasteiger partial charge >= 0.3 is 0 Å². The number of hydrogen-bond acceptors (Lipinski definition) is 5. The molecule has 192 valence electrons. The van der Waals surface area contributed by atoms with Crippen molar-refractivity contribution in [3.63, 3.8) is 0 Å². The van der Waals surface area contributed by atoms with Crippen LogP contribution in [0.2, 0.25) is 5.02 Å². The van der Waals surface area contributed by atoms with Gasteiger partial charge in [0.05, 0.1) is 17.2 Å². The normalized spacial score (nSPS) is 16.4. The standard InChI is InChI=1S/C28H28ClN3O4S/c1-3-19(2)26-28(34)32(17-25(33)31-37(35,36)18-20-10-6-4-7-11-20)24-15-14-22(29)16-23(24)27(30-26)21-12-8-5-9-13-21/h4-16,19,26H,3,17-18H2,1-2H3,(H,31,33)/t19-,26?/m0/s1. The summed E-state index contributed by atoms with van der Waals surface area (Å²) in [6, 6.07) is 22.3. The van der Waals surface area contributed by atoms with Gasteiger partial charge < -0.3 is 4.90 Å². The third-order valence-corrected chi connectivity index (χ3v) is 7.78. The number of anilines is 1. The van der Waals surface area contributed by atoms with E-state index in [1.807, 2.05) is 44.2 Å². The van der Waals surface area contributed by atoms with Crippen molar-refractivity contribution < 1.29 is 18.0 Å². The summed E-state index contributed by atoms with van der Waals surface area (Å²) >= 11 is 6.35. The molecule has 3 aromatic rings. The van der Waals surface area contributed by atoms with E-state index < -0.39 is 28.5 Å². The molecule has 1 N–H and O–H groups in total. The Morgan fingerprint density at radius 1 is 1.05 bits per heavy atom. The Hall–Kier alpha value is -3.49. The van der Waals surface area contributed by atoms with Crippen molar-refractivity contribution in [3.05, 3.63) is 101 Å². The largest absolute Gasteiger partial charge is 0.300 e. The minimum Gasteiger partial charge on any atom is -0.300 e. The highest BCUT2D eigenvalue weighted by Gasteiger charge is 2.36. The summed E-state index contributed by atoms with van der Waals surface area (Å²) in [5, 5.41) is 0.451. The van der Waals surface area contributed by atoms with Crippen LogP contribution in [0.1, 0.15) is 37.0 Å². The molecular formula is C28H28ClN3O4S. The van der Waals surface area contributed by atoms with Crippen molar-refractivity contribution in [1.82, 2.24) is 4.72 Å². The zero-order valence-corrected chi connectivity index (χ0v) is 22.2. The van der Waals surface area contributed by atoms with Crippen LogP contribution in [-0.2, 0) is 25.4 Å². The van der Waals surface area contributed by atoms with Crippen LogP contribution in [0, 0.1) is 5.92 Å². The third kappa shape index (κ3) is 6.26. The molecule has 1 unspecified atom stereocenters. The van der Waals surface area contributed by atoms with Crippen LogP contribution >= 0.6 is 11.6 Å². The summed E-state index contributed by atoms with van der Waals surface area (Å²) < 4.78 is 27.5. The first-order valence-corrected chi connectivity index (χ1v) is 14.0. The fourth-order valence-electron chi connectivity index (χ4n) is 4.24. The number of benzodiazepines with no additional fused rings is 1. The molecule has 4 rings (SSSR count). The molecule has 2 atom stereocenters. The number of aliphatic imine (C=N–C) groups is 1. The van der Waals surface area contributed by atoms with Crippen LogP contribution in [0.5, 0.6) is 0 Å². The van der Waals surface area contributed by atoms with Crippen LogP contribution in [0.25, 0.3) is 0 Å². The molecule has 1 aliphatic heterocycles. The van der Waals surface area contributed by atoms with E-state index in [0.29, 0.717) is 34.0 Å². The molecule has 3 aromatic carbocycles. The van der Waals surface area contributed by atoms with Crippen molar-refractivity contribution in [2.75, 3.05) is 11.4 Å². The number of hydrogen-bond donors (Lipinski definition) is 1. The SMILES string of the molecule is CC[C@H](C)C1N=C(c2ccccc2)c2cc(Cl)ccc2N(CC(=O)NS(=O)(=O)Cc2ccccc2)C1=O. The number of rotatable bonds is 8. The summed E-state index contributed by atoms with van der Waals surface area (Å²) in [5.74, 6) is -1.66. The molecule has 0 saturated heterocycles. The highest BCUT2D eigenvalue weighted by atomic mass is 35.5. The first-order chi connectivity index (χ1) is 17.7. The fraction of sp³-hybridized carbons (Fsp3) is 0.250. The number of halogens is 1. The molecule has 37 heavy (non-hydrogen) atoms. The van der Waals surface area contributed by atoms with Gasteiger partial charge in [-0.15, -0.1) is 0 Å². The minimum atomic E-state index is -3.97. The van der Waals surface area contributed by atoms with Gasteiger partial charge in [0, 0.05) is 16.1 Å². The third-order valence-electron chi connectivity index (χ3n) is 6.29. The van der Waals surface area contributed by atoms with E-state index >= 15 is 0 Å². The maximum atomic E-state index is 13.8. The smallest absolute Gasteiger partial charge is 0.253 e. The van der Waals surface area contributed by atoms with E-state index in [-0.39, 0.29) is 17.6 Å². The Morgan fingerprint density at radius 2 is 1.70 bits per heavy atom. The topological polar surface area (TPSA) is 95.9 Å². The number of carbonyl (C=O) groups excluding carboxylic acids is 2. The second-order valence-corrected chi connectivity index (χ2v) is 11.2. The zero-order chi connectivity index (χ0) is 26.6. The number of carbonyl (C=O) groups is 2. The summed E-state index contributed by atoms with van der Waals surface area (Å²) in [6.45, 7) is 3.42. The minimum absolute atomic E-state index is 0.122. The second kappa shape index (κ2) is 11.3. The van der Waals surface area contributed by atoms with Crippen molar-refractivity contribution >= 4 is 44.8 Å². The van der Waals surface area contributed by atoms with E-state index in [9.17, 15) is 18.0 Å². The van der Waals surface area contributed by atoms with Crippen LogP contribution in [0.3, 0.4) is 0 Å². The lowest BCUT2D eigenvalue weighted by Gasteiger charge is -2.26. The zero-order valence-electron chi connectivity index (χ0n) is 20.6. The maximum Gasteiger partial charge on any atom is 0.253 e. The molecule has 7 nitrogen and oxygen atoms in total. The first-order valence-electron chi connectivity index (χ1n) is 12.0. The van der Waals surface area contributed by atoms with Crippen LogP contribution in [0.4, 0.5) is 5.69 Å². The molecule has 1 aliphatic rings. The van der Waals surface area contributed by atoms with Crippen LogP contribution < -0.4 is 9.62 Å². The van der Waals surface area contributed by atoms with Gasteiger partial charge in [-0.1, -0.05) is 92.5 Å². The van der Waals surface area contributed by atoms with Crippen molar-refractivity contribution in [2.24, 2.45) is 10.9 Å². The molecular weight excluding hydrogens is 510 g/mol. The van der Waals surface area contributed by atoms with Gasteiger partial charge in [-0.3, -0.25) is 19.3 Å². The number of benzene rings is 3. The summed E-state index contributed by atoms with van der Waals surface area (Å²) in [4.78, 5) is 33.0. The lowest BCUT2D eigenvalue weighted by Crippen LogP contribution is -2.47. The van der Waals surface area contributed by atoms with Gasteiger partial charge in [0.25, 0.3) is 11.8 Å². The van der Waals surface area contributed by atoms with E-state index in [2.05, 4.69) is 4.72 Å². The molecule has 0 radical (unpaired) electrons. The predicted molar refractivity (Wildman–Crippen MR) is 146 cm³/mol. The molecule has 0 fully saturated rings. The number of nitrogens with one attached hydrogen (secondary N) is 1. The highest BCUT2D eigenvalue weighted by Crippen LogP contribution is 2.33. The van der Waals surface area contributed by atoms with Crippen molar-refractivity contribution in [3.8, 4) is 0 Å². The van der Waals surface area contributed by atoms with Crippen molar-refractivity contribution in [1.29, 1.82) is 0 Å². The molecule has 0 aromatic heterocycles. The Labute approximate surface area is 222 Å². The van der Waals surface area contributed by atoms with Gasteiger partial charge in [-0.2, -0.15) is 0 Å². The maximum absolute atomic E-state index is 13.8. The average Bonchev–Trinajstić information content (AvgIpc) is 2.98. The molecule has 2 amide bonds. The summed E-state index contributed by atoms with van der Waals surface area (Å²) in [5.41, 5.74) is 2.99. The highest BCUT2D eigenvalue weighted by molar-refractivity contribution is 7.89. The lowest BCUT2D eigenvalue weighted by molar-refractivity contribution is -0.124. The van der Waals surface area contributed by atoms with E-state index in [1.165, 1.54) is 4.90 Å². The molecule has 9 heteroatoms. The van der Waals surface area contributed by atoms with E-state index in [4.69, 9.17) is 16.6 Å². The molecule has 1 heterocycles. The number of fused-ring (bicyclic) bond motifs is 1. The number of nitrogens with zero attached hydrogens (tertiary/aromatic N) is 2. The van der Waals surface area contributed by atoms with Gasteiger partial charge in [-0.05, 0) is 29.7 Å². The van der Waals surface area contributed by atoms with E-state index in [1.54, 1.807) is 48.5 Å². The second-order valence-electron chi connectivity index (χ2n) is 9.03. The lowest BCUT2D eigenvalue weighted by atomic mass is 9.98. The Morgan fingerprint density at radius 3 is 2.35 bits per heavy atom. The fourth-order valence-corrected chi connectivity index (χ4v) is 5.52. The van der Waals surface area contributed by atoms with Gasteiger partial charge in [-0.25, -0.2) is 8.42 Å². The Kier molecular flexibility index (Phi) is 8.10. The predicted octanol–water partition coefficient (Wildman–Crippen LogP) is 4.58. The summed E-state index contributed by atoms with van der Waals surface area (Å²) in [7, 11) is -3.97. The van der Waals surface area contributed by atoms with Gasteiger partial charge in [0.1, 0.15) is 12.6 Å². The van der Waals surface area contributed by atoms with E-state index in [0.717, 1.165) is 5.56 Å².